The quantitative estimate of drug-likeness (QED) is 0.910. The summed E-state index contributed by atoms with van der Waals surface area (Å²) < 4.78 is 29.5. The zero-order valence-corrected chi connectivity index (χ0v) is 11.6. The van der Waals surface area contributed by atoms with E-state index in [0.29, 0.717) is 11.5 Å². The van der Waals surface area contributed by atoms with E-state index < -0.39 is 9.84 Å². The van der Waals surface area contributed by atoms with Crippen LogP contribution in [0.1, 0.15) is 22.6 Å². The van der Waals surface area contributed by atoms with Crippen molar-refractivity contribution in [1.29, 1.82) is 0 Å². The van der Waals surface area contributed by atoms with Crippen molar-refractivity contribution in [3.8, 4) is 0 Å². The van der Waals surface area contributed by atoms with Gasteiger partial charge in [-0.1, -0.05) is 29.8 Å². The Morgan fingerprint density at radius 1 is 1.11 bits per heavy atom. The summed E-state index contributed by atoms with van der Waals surface area (Å²) >= 11 is 0. The van der Waals surface area contributed by atoms with Gasteiger partial charge in [0.25, 0.3) is 0 Å². The molecule has 0 saturated heterocycles. The van der Waals surface area contributed by atoms with Crippen molar-refractivity contribution in [3.63, 3.8) is 0 Å². The van der Waals surface area contributed by atoms with Crippen LogP contribution in [0, 0.1) is 6.92 Å². The zero-order chi connectivity index (χ0) is 13.9. The number of hydrogen-bond acceptors (Lipinski definition) is 4. The molecule has 0 aliphatic carbocycles. The van der Waals surface area contributed by atoms with Gasteiger partial charge < -0.3 is 10.2 Å². The molecule has 0 aliphatic rings. The van der Waals surface area contributed by atoms with Gasteiger partial charge in [-0.3, -0.25) is 0 Å². The minimum atomic E-state index is -3.23. The fourth-order valence-corrected chi connectivity index (χ4v) is 3.31. The molecule has 1 aromatic heterocycles. The summed E-state index contributed by atoms with van der Waals surface area (Å²) in [6, 6.07) is 10.9. The molecule has 0 spiro atoms. The third-order valence-corrected chi connectivity index (χ3v) is 4.25. The summed E-state index contributed by atoms with van der Waals surface area (Å²) in [4.78, 5) is 0. The van der Waals surface area contributed by atoms with Gasteiger partial charge in [-0.05, 0) is 24.6 Å². The minimum Gasteiger partial charge on any atom is -0.464 e. The van der Waals surface area contributed by atoms with Crippen molar-refractivity contribution < 1.29 is 12.8 Å². The van der Waals surface area contributed by atoms with E-state index in [1.807, 2.05) is 31.2 Å². The number of benzene rings is 1. The lowest BCUT2D eigenvalue weighted by atomic mass is 10.2. The van der Waals surface area contributed by atoms with Crippen molar-refractivity contribution in [2.24, 2.45) is 5.73 Å². The van der Waals surface area contributed by atoms with Crippen LogP contribution >= 0.6 is 0 Å². The van der Waals surface area contributed by atoms with Crippen LogP contribution in [0.3, 0.4) is 0 Å². The summed E-state index contributed by atoms with van der Waals surface area (Å²) in [5, 5.41) is 0. The lowest BCUT2D eigenvalue weighted by molar-refractivity contribution is 0.477. The van der Waals surface area contributed by atoms with E-state index in [-0.39, 0.29) is 18.1 Å². The Labute approximate surface area is 113 Å². The number of aryl methyl sites for hydroxylation is 1. The standard InChI is InChI=1S/C14H17NO3S/c1-11-3-2-4-12(7-11)9-19(16,17)10-14-6-5-13(8-15)18-14/h2-7H,8-10,15H2,1H3. The third kappa shape index (κ3) is 3.94. The van der Waals surface area contributed by atoms with E-state index in [1.54, 1.807) is 12.1 Å². The van der Waals surface area contributed by atoms with Crippen LogP contribution in [0.2, 0.25) is 0 Å². The van der Waals surface area contributed by atoms with Crippen LogP contribution in [-0.2, 0) is 27.9 Å². The Morgan fingerprint density at radius 3 is 2.47 bits per heavy atom. The molecule has 0 atom stereocenters. The van der Waals surface area contributed by atoms with Gasteiger partial charge >= 0.3 is 0 Å². The summed E-state index contributed by atoms with van der Waals surface area (Å²) in [5.74, 6) is 0.961. The van der Waals surface area contributed by atoms with Gasteiger partial charge in [0.1, 0.15) is 17.3 Å². The second kappa shape index (κ2) is 5.59. The van der Waals surface area contributed by atoms with Gasteiger partial charge in [0.15, 0.2) is 9.84 Å². The molecule has 0 amide bonds. The summed E-state index contributed by atoms with van der Waals surface area (Å²) in [6.45, 7) is 2.22. The molecular formula is C14H17NO3S. The van der Waals surface area contributed by atoms with Crippen molar-refractivity contribution in [2.45, 2.75) is 25.0 Å². The lowest BCUT2D eigenvalue weighted by Gasteiger charge is -2.04. The van der Waals surface area contributed by atoms with E-state index in [9.17, 15) is 8.42 Å². The molecule has 2 aromatic rings. The molecular weight excluding hydrogens is 262 g/mol. The fraction of sp³-hybridized carbons (Fsp3) is 0.286. The van der Waals surface area contributed by atoms with Crippen LogP contribution in [-0.4, -0.2) is 8.42 Å². The molecule has 0 radical (unpaired) electrons. The lowest BCUT2D eigenvalue weighted by Crippen LogP contribution is -2.07. The first-order valence-corrected chi connectivity index (χ1v) is 7.84. The number of sulfone groups is 1. The van der Waals surface area contributed by atoms with E-state index >= 15 is 0 Å². The van der Waals surface area contributed by atoms with Crippen LogP contribution in [0.25, 0.3) is 0 Å². The molecule has 1 heterocycles. The Hall–Kier alpha value is -1.59. The SMILES string of the molecule is Cc1cccc(CS(=O)(=O)Cc2ccc(CN)o2)c1. The number of rotatable bonds is 5. The third-order valence-electron chi connectivity index (χ3n) is 2.75. The first kappa shape index (κ1) is 13.8. The normalized spacial score (nSPS) is 11.7. The predicted molar refractivity (Wildman–Crippen MR) is 74.1 cm³/mol. The first-order valence-electron chi connectivity index (χ1n) is 6.02. The highest BCUT2D eigenvalue weighted by Crippen LogP contribution is 2.15. The average molecular weight is 279 g/mol. The molecule has 2 N–H and O–H groups in total. The second-order valence-corrected chi connectivity index (χ2v) is 6.66. The Balaban J connectivity index is 2.10. The van der Waals surface area contributed by atoms with Crippen molar-refractivity contribution in [3.05, 3.63) is 59.0 Å². The van der Waals surface area contributed by atoms with Crippen molar-refractivity contribution in [2.75, 3.05) is 0 Å². The highest BCUT2D eigenvalue weighted by atomic mass is 32.2. The van der Waals surface area contributed by atoms with Crippen LogP contribution in [0.5, 0.6) is 0 Å². The van der Waals surface area contributed by atoms with E-state index in [0.717, 1.165) is 11.1 Å². The molecule has 2 rings (SSSR count). The molecule has 1 aromatic carbocycles. The van der Waals surface area contributed by atoms with Gasteiger partial charge in [-0.25, -0.2) is 8.42 Å². The molecule has 0 saturated carbocycles. The highest BCUT2D eigenvalue weighted by Gasteiger charge is 2.15. The Morgan fingerprint density at radius 2 is 1.84 bits per heavy atom. The smallest absolute Gasteiger partial charge is 0.161 e. The monoisotopic (exact) mass is 279 g/mol. The molecule has 5 heteroatoms. The van der Waals surface area contributed by atoms with Gasteiger partial charge in [0, 0.05) is 0 Å². The molecule has 0 aliphatic heterocycles. The summed E-state index contributed by atoms with van der Waals surface area (Å²) in [6.07, 6.45) is 0. The van der Waals surface area contributed by atoms with Crippen LogP contribution < -0.4 is 5.73 Å². The van der Waals surface area contributed by atoms with Gasteiger partial charge in [-0.2, -0.15) is 0 Å². The van der Waals surface area contributed by atoms with Crippen LogP contribution in [0.4, 0.5) is 0 Å². The molecule has 19 heavy (non-hydrogen) atoms. The minimum absolute atomic E-state index is 0.0212. The van der Waals surface area contributed by atoms with Gasteiger partial charge in [0.2, 0.25) is 0 Å². The number of furan rings is 1. The summed E-state index contributed by atoms with van der Waals surface area (Å²) in [7, 11) is -3.23. The number of nitrogens with two attached hydrogens (primary N) is 1. The van der Waals surface area contributed by atoms with E-state index in [2.05, 4.69) is 0 Å². The molecule has 0 unspecified atom stereocenters. The van der Waals surface area contributed by atoms with Crippen molar-refractivity contribution in [1.82, 2.24) is 0 Å². The average Bonchev–Trinajstić information content (AvgIpc) is 2.75. The predicted octanol–water partition coefficient (Wildman–Crippen LogP) is 2.16. The largest absolute Gasteiger partial charge is 0.464 e. The van der Waals surface area contributed by atoms with Gasteiger partial charge in [-0.15, -0.1) is 0 Å². The maximum absolute atomic E-state index is 12.1. The molecule has 102 valence electrons. The van der Waals surface area contributed by atoms with Crippen LogP contribution in [0.15, 0.2) is 40.8 Å². The fourth-order valence-electron chi connectivity index (χ4n) is 1.93. The Bertz CT molecular complexity index is 659. The number of hydrogen-bond donors (Lipinski definition) is 1. The topological polar surface area (TPSA) is 73.3 Å². The maximum Gasteiger partial charge on any atom is 0.161 e. The second-order valence-electron chi connectivity index (χ2n) is 4.59. The molecule has 0 fully saturated rings. The first-order chi connectivity index (χ1) is 8.98. The summed E-state index contributed by atoms with van der Waals surface area (Å²) in [5.41, 5.74) is 7.27. The Kier molecular flexibility index (Phi) is 4.07. The molecule has 0 bridgehead atoms. The molecule has 4 nitrogen and oxygen atoms in total. The van der Waals surface area contributed by atoms with Crippen molar-refractivity contribution >= 4 is 9.84 Å². The zero-order valence-electron chi connectivity index (χ0n) is 10.8. The van der Waals surface area contributed by atoms with Gasteiger partial charge in [0.05, 0.1) is 12.3 Å². The maximum atomic E-state index is 12.1. The van der Waals surface area contributed by atoms with E-state index in [4.69, 9.17) is 10.2 Å². The highest BCUT2D eigenvalue weighted by molar-refractivity contribution is 7.89. The van der Waals surface area contributed by atoms with E-state index in [1.165, 1.54) is 0 Å².